The fraction of sp³-hybridized carbons (Fsp3) is 0. The molecule has 0 saturated carbocycles. The summed E-state index contributed by atoms with van der Waals surface area (Å²) in [5.74, 6) is 1.82. The number of hydrogen-bond donors (Lipinski definition) is 0. The van der Waals surface area contributed by atoms with Crippen LogP contribution in [-0.4, -0.2) is 24.1 Å². The Balaban J connectivity index is 1.26. The average Bonchev–Trinajstić information content (AvgIpc) is 3.89. The van der Waals surface area contributed by atoms with Crippen molar-refractivity contribution in [1.29, 1.82) is 0 Å². The summed E-state index contributed by atoms with van der Waals surface area (Å²) in [6.45, 7) is 0. The molecule has 0 aliphatic carbocycles. The van der Waals surface area contributed by atoms with Gasteiger partial charge >= 0.3 is 0 Å². The molecule has 0 aliphatic rings. The molecular weight excluding hydrogens is 779 g/mol. The number of nitrogens with zero attached hydrogens (tertiary/aromatic N) is 5. The predicted molar refractivity (Wildman–Crippen MR) is 265 cm³/mol. The zero-order valence-electron chi connectivity index (χ0n) is 34.6. The van der Waals surface area contributed by atoms with E-state index in [1.165, 1.54) is 43.1 Å². The molecule has 0 spiro atoms. The Morgan fingerprint density at radius 1 is 0.266 bits per heavy atom. The molecule has 0 unspecified atom stereocenters. The highest BCUT2D eigenvalue weighted by molar-refractivity contribution is 6.17. The second-order valence-electron chi connectivity index (χ2n) is 16.4. The number of para-hydroxylation sites is 4. The first-order valence-corrected chi connectivity index (χ1v) is 21.7. The lowest BCUT2D eigenvalue weighted by atomic mass is 9.90. The molecule has 13 rings (SSSR count). The third-order valence-electron chi connectivity index (χ3n) is 12.7. The molecule has 0 N–H and O–H groups in total. The Kier molecular flexibility index (Phi) is 8.15. The van der Waals surface area contributed by atoms with E-state index in [-0.39, 0.29) is 0 Å². The second-order valence-corrected chi connectivity index (χ2v) is 16.4. The Bertz CT molecular complexity index is 3660. The smallest absolute Gasteiger partial charge is 0.164 e. The van der Waals surface area contributed by atoms with Gasteiger partial charge in [-0.15, -0.1) is 0 Å². The first-order valence-electron chi connectivity index (χ1n) is 21.7. The van der Waals surface area contributed by atoms with Crippen molar-refractivity contribution in [3.05, 3.63) is 224 Å². The fourth-order valence-electron chi connectivity index (χ4n) is 9.93. The van der Waals surface area contributed by atoms with Gasteiger partial charge in [0.15, 0.2) is 17.5 Å². The normalized spacial score (nSPS) is 11.8. The van der Waals surface area contributed by atoms with Crippen LogP contribution in [0.25, 0.3) is 122 Å². The van der Waals surface area contributed by atoms with Gasteiger partial charge in [-0.25, -0.2) is 15.0 Å². The minimum Gasteiger partial charge on any atom is -0.309 e. The van der Waals surface area contributed by atoms with E-state index in [0.717, 1.165) is 61.3 Å². The molecule has 64 heavy (non-hydrogen) atoms. The van der Waals surface area contributed by atoms with Crippen LogP contribution in [0, 0.1) is 0 Å². The molecule has 3 aromatic heterocycles. The molecule has 5 nitrogen and oxygen atoms in total. The minimum absolute atomic E-state index is 0.590. The van der Waals surface area contributed by atoms with Gasteiger partial charge < -0.3 is 9.13 Å². The molecule has 0 aliphatic heterocycles. The van der Waals surface area contributed by atoms with E-state index in [4.69, 9.17) is 15.0 Å². The zero-order chi connectivity index (χ0) is 42.1. The van der Waals surface area contributed by atoms with E-state index < -0.39 is 0 Å². The van der Waals surface area contributed by atoms with E-state index in [1.54, 1.807) is 0 Å². The van der Waals surface area contributed by atoms with E-state index in [9.17, 15) is 0 Å². The van der Waals surface area contributed by atoms with E-state index >= 15 is 0 Å². The highest BCUT2D eigenvalue weighted by atomic mass is 15.1. The Morgan fingerprint density at radius 2 is 0.609 bits per heavy atom. The van der Waals surface area contributed by atoms with Crippen molar-refractivity contribution in [2.45, 2.75) is 0 Å². The van der Waals surface area contributed by atoms with Crippen LogP contribution in [0.4, 0.5) is 0 Å². The lowest BCUT2D eigenvalue weighted by molar-refractivity contribution is 1.07. The zero-order valence-corrected chi connectivity index (χ0v) is 34.6. The number of aromatic nitrogens is 5. The summed E-state index contributed by atoms with van der Waals surface area (Å²) < 4.78 is 4.92. The van der Waals surface area contributed by atoms with Crippen LogP contribution in [0.3, 0.4) is 0 Å². The summed E-state index contributed by atoms with van der Waals surface area (Å²) >= 11 is 0. The molecule has 5 heteroatoms. The molecule has 298 valence electrons. The quantitative estimate of drug-likeness (QED) is 0.157. The topological polar surface area (TPSA) is 48.5 Å². The van der Waals surface area contributed by atoms with Crippen molar-refractivity contribution in [2.24, 2.45) is 0 Å². The van der Waals surface area contributed by atoms with Gasteiger partial charge in [-0.1, -0.05) is 182 Å². The van der Waals surface area contributed by atoms with Crippen molar-refractivity contribution in [3.8, 4) is 56.7 Å². The molecule has 0 atom stereocenters. The van der Waals surface area contributed by atoms with Gasteiger partial charge in [0.05, 0.1) is 33.4 Å². The van der Waals surface area contributed by atoms with Crippen LogP contribution in [0.2, 0.25) is 0 Å². The lowest BCUT2D eigenvalue weighted by Crippen LogP contribution is -2.07. The first kappa shape index (κ1) is 36.0. The van der Waals surface area contributed by atoms with Gasteiger partial charge in [-0.3, -0.25) is 0 Å². The third kappa shape index (κ3) is 5.61. The van der Waals surface area contributed by atoms with Crippen molar-refractivity contribution >= 4 is 65.2 Å². The summed E-state index contributed by atoms with van der Waals surface area (Å²) in [7, 11) is 0. The Morgan fingerprint density at radius 3 is 1.06 bits per heavy atom. The maximum Gasteiger partial charge on any atom is 0.164 e. The van der Waals surface area contributed by atoms with Crippen LogP contribution in [-0.2, 0) is 0 Å². The number of rotatable bonds is 6. The van der Waals surface area contributed by atoms with Gasteiger partial charge in [0, 0.05) is 43.8 Å². The van der Waals surface area contributed by atoms with Gasteiger partial charge in [0.25, 0.3) is 0 Å². The molecule has 10 aromatic carbocycles. The molecule has 13 aromatic rings. The van der Waals surface area contributed by atoms with Crippen LogP contribution in [0.1, 0.15) is 0 Å². The number of benzene rings is 10. The molecule has 0 radical (unpaired) electrons. The maximum atomic E-state index is 5.35. The lowest BCUT2D eigenvalue weighted by Gasteiger charge is -2.23. The molecule has 3 heterocycles. The van der Waals surface area contributed by atoms with Crippen LogP contribution in [0.5, 0.6) is 0 Å². The summed E-state index contributed by atoms with van der Waals surface area (Å²) in [6.07, 6.45) is 0. The van der Waals surface area contributed by atoms with Crippen molar-refractivity contribution in [3.63, 3.8) is 0 Å². The van der Waals surface area contributed by atoms with Gasteiger partial charge in [-0.05, 0) is 69.6 Å². The summed E-state index contributed by atoms with van der Waals surface area (Å²) in [5.41, 5.74) is 11.5. The van der Waals surface area contributed by atoms with Crippen LogP contribution >= 0.6 is 0 Å². The van der Waals surface area contributed by atoms with Crippen LogP contribution < -0.4 is 0 Å². The average molecular weight is 816 g/mol. The summed E-state index contributed by atoms with van der Waals surface area (Å²) in [4.78, 5) is 15.8. The molecule has 0 bridgehead atoms. The van der Waals surface area contributed by atoms with E-state index in [0.29, 0.717) is 17.5 Å². The van der Waals surface area contributed by atoms with Crippen LogP contribution in [0.15, 0.2) is 224 Å². The monoisotopic (exact) mass is 815 g/mol. The predicted octanol–water partition coefficient (Wildman–Crippen LogP) is 15.0. The standard InChI is InChI=1S/C59H37N5/c1-3-19-38(20-4-1)57-60-58(39-21-5-2-6-22-39)62-59(61-57)41-36-54(63-50-31-15-11-27-45(50)46-28-12-16-32-51(46)63)56(49-35-40-23-7-8-24-42(40)43-25-9-10-26-44(43)49)55(37-41)64-52-33-17-13-29-47(52)48-30-14-18-34-53(48)64/h1-37H. The highest BCUT2D eigenvalue weighted by Crippen LogP contribution is 2.47. The Labute approximate surface area is 368 Å². The van der Waals surface area contributed by atoms with E-state index in [1.807, 2.05) is 36.4 Å². The van der Waals surface area contributed by atoms with Crippen molar-refractivity contribution in [2.75, 3.05) is 0 Å². The molecule has 0 amide bonds. The van der Waals surface area contributed by atoms with Crippen molar-refractivity contribution in [1.82, 2.24) is 24.1 Å². The molecule has 0 fully saturated rings. The minimum atomic E-state index is 0.590. The van der Waals surface area contributed by atoms with Gasteiger partial charge in [0.2, 0.25) is 0 Å². The maximum absolute atomic E-state index is 5.35. The van der Waals surface area contributed by atoms with Gasteiger partial charge in [0.1, 0.15) is 0 Å². The van der Waals surface area contributed by atoms with Gasteiger partial charge in [-0.2, -0.15) is 0 Å². The van der Waals surface area contributed by atoms with E-state index in [2.05, 4.69) is 197 Å². The first-order chi connectivity index (χ1) is 31.8. The summed E-state index contributed by atoms with van der Waals surface area (Å²) in [5, 5.41) is 9.54. The largest absolute Gasteiger partial charge is 0.309 e. The number of fused-ring (bicyclic) bond motifs is 9. The second kappa shape index (κ2) is 14.5. The van der Waals surface area contributed by atoms with Crippen molar-refractivity contribution < 1.29 is 0 Å². The highest BCUT2D eigenvalue weighted by Gasteiger charge is 2.26. The third-order valence-corrected chi connectivity index (χ3v) is 12.7. The molecular formula is C59H37N5. The number of hydrogen-bond acceptors (Lipinski definition) is 3. The SMILES string of the molecule is c1ccc(-c2nc(-c3ccccc3)nc(-c3cc(-n4c5ccccc5c5ccccc54)c(-c4cc5ccccc5c5ccccc45)c(-n4c5ccccc5c5ccccc54)c3)n2)cc1. The Hall–Kier alpha value is -8.67. The summed E-state index contributed by atoms with van der Waals surface area (Å²) in [6, 6.07) is 80.1. The fourth-order valence-corrected chi connectivity index (χ4v) is 9.93. The molecule has 0 saturated heterocycles.